The van der Waals surface area contributed by atoms with E-state index >= 15 is 0 Å². The Hall–Kier alpha value is -3.26. The van der Waals surface area contributed by atoms with Gasteiger partial charge in [-0.2, -0.15) is 0 Å². The molecule has 0 radical (unpaired) electrons. The van der Waals surface area contributed by atoms with Gasteiger partial charge in [0.2, 0.25) is 11.8 Å². The SMILES string of the molecule is O=C(NCCc1ccccc1)N1CC(c2nnc(-c3ccncc3)o2)C2(CCOCC2)C1. The summed E-state index contributed by atoms with van der Waals surface area (Å²) in [5.41, 5.74) is 1.95. The molecule has 1 atom stereocenters. The molecule has 0 saturated carbocycles. The second-order valence-electron chi connectivity index (χ2n) is 8.56. The van der Waals surface area contributed by atoms with Crippen LogP contribution in [0.4, 0.5) is 4.79 Å². The number of pyridine rings is 1. The molecule has 2 amide bonds. The Bertz CT molecular complexity index is 1030. The van der Waals surface area contributed by atoms with Crippen LogP contribution in [-0.2, 0) is 11.2 Å². The second-order valence-corrected chi connectivity index (χ2v) is 8.56. The predicted molar refractivity (Wildman–Crippen MR) is 118 cm³/mol. The fourth-order valence-electron chi connectivity index (χ4n) is 4.80. The monoisotopic (exact) mass is 433 g/mol. The molecule has 8 nitrogen and oxygen atoms in total. The highest BCUT2D eigenvalue weighted by atomic mass is 16.5. The van der Waals surface area contributed by atoms with Crippen LogP contribution in [0, 0.1) is 5.41 Å². The average Bonchev–Trinajstić information content (AvgIpc) is 3.46. The zero-order valence-corrected chi connectivity index (χ0v) is 17.9. The lowest BCUT2D eigenvalue weighted by Crippen LogP contribution is -2.41. The second kappa shape index (κ2) is 9.08. The molecule has 8 heteroatoms. The number of ether oxygens (including phenoxy) is 1. The van der Waals surface area contributed by atoms with Crippen LogP contribution < -0.4 is 5.32 Å². The van der Waals surface area contributed by atoms with Crippen molar-refractivity contribution in [1.29, 1.82) is 0 Å². The van der Waals surface area contributed by atoms with Crippen LogP contribution in [0.2, 0.25) is 0 Å². The Morgan fingerprint density at radius 3 is 2.66 bits per heavy atom. The summed E-state index contributed by atoms with van der Waals surface area (Å²) in [7, 11) is 0. The van der Waals surface area contributed by atoms with Gasteiger partial charge in [0.05, 0.1) is 5.92 Å². The molecule has 5 rings (SSSR count). The summed E-state index contributed by atoms with van der Waals surface area (Å²) < 4.78 is 11.7. The van der Waals surface area contributed by atoms with Crippen LogP contribution in [0.25, 0.3) is 11.5 Å². The summed E-state index contributed by atoms with van der Waals surface area (Å²) in [6, 6.07) is 13.8. The largest absolute Gasteiger partial charge is 0.420 e. The van der Waals surface area contributed by atoms with Crippen LogP contribution in [-0.4, -0.2) is 59.0 Å². The molecule has 1 unspecified atom stereocenters. The maximum absolute atomic E-state index is 13.0. The Morgan fingerprint density at radius 1 is 1.09 bits per heavy atom. The topological polar surface area (TPSA) is 93.4 Å². The summed E-state index contributed by atoms with van der Waals surface area (Å²) in [6.45, 7) is 3.21. The summed E-state index contributed by atoms with van der Waals surface area (Å²) >= 11 is 0. The first-order valence-electron chi connectivity index (χ1n) is 11.1. The summed E-state index contributed by atoms with van der Waals surface area (Å²) in [6.07, 6.45) is 5.96. The van der Waals surface area contributed by atoms with E-state index in [1.807, 2.05) is 35.2 Å². The number of hydrogen-bond donors (Lipinski definition) is 1. The molecule has 1 aromatic carbocycles. The molecule has 2 aromatic heterocycles. The smallest absolute Gasteiger partial charge is 0.317 e. The van der Waals surface area contributed by atoms with Crippen LogP contribution in [0.5, 0.6) is 0 Å². The standard InChI is InChI=1S/C24H27N5O3/c30-23(26-13-6-18-4-2-1-3-5-18)29-16-20(24(17-29)9-14-31-15-10-24)22-28-27-21(32-22)19-7-11-25-12-8-19/h1-5,7-8,11-12,20H,6,9-10,13-17H2,(H,26,30). The van der Waals surface area contributed by atoms with E-state index in [1.165, 1.54) is 5.56 Å². The minimum Gasteiger partial charge on any atom is -0.420 e. The molecule has 166 valence electrons. The number of benzene rings is 1. The van der Waals surface area contributed by atoms with Gasteiger partial charge in [0.15, 0.2) is 0 Å². The van der Waals surface area contributed by atoms with Crippen molar-refractivity contribution in [1.82, 2.24) is 25.4 Å². The number of rotatable bonds is 5. The van der Waals surface area contributed by atoms with Crippen molar-refractivity contribution < 1.29 is 13.9 Å². The molecule has 32 heavy (non-hydrogen) atoms. The molecule has 2 aliphatic heterocycles. The highest BCUT2D eigenvalue weighted by Crippen LogP contribution is 2.49. The van der Waals surface area contributed by atoms with Crippen molar-refractivity contribution in [3.05, 3.63) is 66.3 Å². The first-order valence-corrected chi connectivity index (χ1v) is 11.1. The Kier molecular flexibility index (Phi) is 5.85. The van der Waals surface area contributed by atoms with E-state index in [0.717, 1.165) is 24.8 Å². The lowest BCUT2D eigenvalue weighted by molar-refractivity contribution is 0.0102. The molecule has 0 aliphatic carbocycles. The van der Waals surface area contributed by atoms with E-state index < -0.39 is 0 Å². The highest BCUT2D eigenvalue weighted by molar-refractivity contribution is 5.74. The lowest BCUT2D eigenvalue weighted by atomic mass is 9.72. The van der Waals surface area contributed by atoms with Gasteiger partial charge in [0.25, 0.3) is 0 Å². The third kappa shape index (κ3) is 4.23. The maximum Gasteiger partial charge on any atom is 0.317 e. The van der Waals surface area contributed by atoms with E-state index in [4.69, 9.17) is 9.15 Å². The molecular formula is C24H27N5O3. The maximum atomic E-state index is 13.0. The van der Waals surface area contributed by atoms with Gasteiger partial charge in [0.1, 0.15) is 0 Å². The normalized spacial score (nSPS) is 19.9. The number of hydrogen-bond acceptors (Lipinski definition) is 6. The van der Waals surface area contributed by atoms with Gasteiger partial charge < -0.3 is 19.4 Å². The number of urea groups is 1. The van der Waals surface area contributed by atoms with Gasteiger partial charge in [-0.1, -0.05) is 30.3 Å². The predicted octanol–water partition coefficient (Wildman–Crippen LogP) is 3.28. The number of aromatic nitrogens is 3. The first kappa shape index (κ1) is 20.6. The molecule has 1 N–H and O–H groups in total. The van der Waals surface area contributed by atoms with E-state index in [9.17, 15) is 4.79 Å². The van der Waals surface area contributed by atoms with Crippen LogP contribution in [0.15, 0.2) is 59.3 Å². The summed E-state index contributed by atoms with van der Waals surface area (Å²) in [5.74, 6) is 1.07. The Labute approximate surface area is 187 Å². The third-order valence-corrected chi connectivity index (χ3v) is 6.62. The summed E-state index contributed by atoms with van der Waals surface area (Å²) in [4.78, 5) is 18.9. The fourth-order valence-corrected chi connectivity index (χ4v) is 4.80. The molecule has 2 aliphatic rings. The average molecular weight is 434 g/mol. The molecule has 1 spiro atoms. The highest BCUT2D eigenvalue weighted by Gasteiger charge is 2.51. The van der Waals surface area contributed by atoms with Crippen molar-refractivity contribution in [2.75, 3.05) is 32.8 Å². The van der Waals surface area contributed by atoms with Crippen LogP contribution >= 0.6 is 0 Å². The molecule has 0 bridgehead atoms. The number of carbonyl (C=O) groups excluding carboxylic acids is 1. The van der Waals surface area contributed by atoms with Crippen LogP contribution in [0.1, 0.15) is 30.2 Å². The van der Waals surface area contributed by atoms with Crippen molar-refractivity contribution in [2.24, 2.45) is 5.41 Å². The molecule has 2 fully saturated rings. The van der Waals surface area contributed by atoms with Gasteiger partial charge in [-0.05, 0) is 37.0 Å². The van der Waals surface area contributed by atoms with E-state index in [0.29, 0.717) is 44.6 Å². The number of nitrogens with zero attached hydrogens (tertiary/aromatic N) is 4. The molecule has 2 saturated heterocycles. The van der Waals surface area contributed by atoms with E-state index in [-0.39, 0.29) is 17.4 Å². The Morgan fingerprint density at radius 2 is 1.88 bits per heavy atom. The minimum atomic E-state index is -0.100. The van der Waals surface area contributed by atoms with Gasteiger partial charge in [-0.3, -0.25) is 4.98 Å². The zero-order chi connectivity index (χ0) is 21.8. The minimum absolute atomic E-state index is 0.00522. The quantitative estimate of drug-likeness (QED) is 0.664. The fraction of sp³-hybridized carbons (Fsp3) is 0.417. The van der Waals surface area contributed by atoms with Gasteiger partial charge in [-0.15, -0.1) is 10.2 Å². The number of carbonyl (C=O) groups is 1. The van der Waals surface area contributed by atoms with Gasteiger partial charge in [0, 0.05) is 56.2 Å². The van der Waals surface area contributed by atoms with E-state index in [2.05, 4.69) is 32.6 Å². The Balaban J connectivity index is 1.30. The van der Waals surface area contributed by atoms with Crippen molar-refractivity contribution in [3.63, 3.8) is 0 Å². The van der Waals surface area contributed by atoms with Crippen molar-refractivity contribution in [3.8, 4) is 11.5 Å². The number of nitrogens with one attached hydrogen (secondary N) is 1. The molecule has 3 aromatic rings. The van der Waals surface area contributed by atoms with Crippen molar-refractivity contribution in [2.45, 2.75) is 25.2 Å². The molecular weight excluding hydrogens is 406 g/mol. The van der Waals surface area contributed by atoms with E-state index in [1.54, 1.807) is 12.4 Å². The van der Waals surface area contributed by atoms with Gasteiger partial charge >= 0.3 is 6.03 Å². The summed E-state index contributed by atoms with van der Waals surface area (Å²) in [5, 5.41) is 11.7. The van der Waals surface area contributed by atoms with Crippen molar-refractivity contribution >= 4 is 6.03 Å². The lowest BCUT2D eigenvalue weighted by Gasteiger charge is -2.36. The number of likely N-dealkylation sites (tertiary alicyclic amines) is 1. The molecule has 4 heterocycles. The van der Waals surface area contributed by atoms with Gasteiger partial charge in [-0.25, -0.2) is 4.79 Å². The first-order chi connectivity index (χ1) is 15.7. The third-order valence-electron chi connectivity index (χ3n) is 6.62. The number of amides is 2. The zero-order valence-electron chi connectivity index (χ0n) is 17.9. The van der Waals surface area contributed by atoms with Crippen LogP contribution in [0.3, 0.4) is 0 Å².